The summed E-state index contributed by atoms with van der Waals surface area (Å²) in [7, 11) is 0. The second-order valence-corrected chi connectivity index (χ2v) is 2.08. The summed E-state index contributed by atoms with van der Waals surface area (Å²) >= 11 is 0. The molecule has 0 amide bonds. The van der Waals surface area contributed by atoms with E-state index in [0.717, 1.165) is 27.7 Å². The predicted octanol–water partition coefficient (Wildman–Crippen LogP) is -6.89. The zero-order chi connectivity index (χ0) is 14.3. The predicted molar refractivity (Wildman–Crippen MR) is 67.7 cm³/mol. The van der Waals surface area contributed by atoms with Crippen molar-refractivity contribution in [3.63, 3.8) is 0 Å². The summed E-state index contributed by atoms with van der Waals surface area (Å²) in [5.41, 5.74) is 0. The molecule has 0 radical (unpaired) electrons. The Morgan fingerprint density at radius 3 is 0.571 bits per heavy atom. The summed E-state index contributed by atoms with van der Waals surface area (Å²) in [5, 5.41) is 29.7. The van der Waals surface area contributed by atoms with Gasteiger partial charge in [0.05, 0.1) is 0 Å². The number of aliphatic carboxylic acids is 4. The van der Waals surface area contributed by atoms with E-state index in [0.29, 0.717) is 0 Å². The topological polar surface area (TPSA) is 247 Å². The quantitative estimate of drug-likeness (QED) is 0.262. The van der Waals surface area contributed by atoms with E-state index < -0.39 is 23.9 Å². The maximum absolute atomic E-state index is 9.00. The summed E-state index contributed by atoms with van der Waals surface area (Å²) in [6.07, 6.45) is 0. The van der Waals surface area contributed by atoms with Gasteiger partial charge in [0.2, 0.25) is 0 Å². The maximum Gasteiger partial charge on any atom is 1.00 e. The molecule has 11 N–H and O–H groups in total. The molecule has 0 rings (SSSR count). The van der Waals surface area contributed by atoms with Gasteiger partial charge < -0.3 is 40.4 Å². The van der Waals surface area contributed by atoms with Crippen molar-refractivity contribution in [2.45, 2.75) is 27.7 Å². The molecule has 11 nitrogen and oxygen atoms in total. The molecular weight excluding hydrogens is 316 g/mol. The average Bonchev–Trinajstić information content (AvgIpc) is 1.76. The number of carboxylic acids is 4. The van der Waals surface area contributed by atoms with Crippen LogP contribution in [0.5, 0.6) is 0 Å². The smallest absolute Gasteiger partial charge is 1.00 e. The first kappa shape index (κ1) is 58.6. The molecule has 0 spiro atoms. The second-order valence-electron chi connectivity index (χ2n) is 2.08. The van der Waals surface area contributed by atoms with Crippen molar-refractivity contribution in [1.82, 2.24) is 6.15 Å². The van der Waals surface area contributed by atoms with Crippen LogP contribution in [0.3, 0.4) is 0 Å². The number of rotatable bonds is 0. The number of hydrogen-bond acceptors (Lipinski definition) is 5. The first-order valence-electron chi connectivity index (χ1n) is 3.71. The van der Waals surface area contributed by atoms with E-state index in [-0.39, 0.29) is 79.1 Å². The van der Waals surface area contributed by atoms with E-state index in [9.17, 15) is 0 Å². The zero-order valence-electron chi connectivity index (χ0n) is 15.1. The van der Waals surface area contributed by atoms with Gasteiger partial charge in [-0.25, -0.2) is 0 Å². The Morgan fingerprint density at radius 2 is 0.571 bits per heavy atom. The molecule has 0 aromatic carbocycles. The van der Waals surface area contributed by atoms with Gasteiger partial charge in [-0.3, -0.25) is 19.2 Å². The van der Waals surface area contributed by atoms with Crippen LogP contribution in [0.2, 0.25) is 0 Å². The minimum Gasteiger partial charge on any atom is -1.00 e. The number of hydrogen-bond donors (Lipinski definition) is 5. The van der Waals surface area contributed by atoms with E-state index in [4.69, 9.17) is 39.6 Å². The fourth-order valence-electron chi connectivity index (χ4n) is 0. The van der Waals surface area contributed by atoms with E-state index in [1.165, 1.54) is 0 Å². The van der Waals surface area contributed by atoms with Crippen molar-refractivity contribution < 1.29 is 113 Å². The van der Waals surface area contributed by atoms with Gasteiger partial charge in [0.15, 0.2) is 0 Å². The Hall–Kier alpha value is -0.240. The van der Waals surface area contributed by atoms with Gasteiger partial charge in [-0.1, -0.05) is 0 Å². The Balaban J connectivity index is -0.00000000842. The molecule has 0 aliphatic carbocycles. The molecule has 0 aromatic heterocycles. The van der Waals surface area contributed by atoms with Crippen molar-refractivity contribution in [1.29, 1.82) is 0 Å². The number of carboxylic acid groups (broad SMARTS) is 4. The Bertz CT molecular complexity index is 183. The Labute approximate surface area is 169 Å². The van der Waals surface area contributed by atoms with Crippen LogP contribution >= 0.6 is 0 Å². The van der Waals surface area contributed by atoms with Crippen molar-refractivity contribution in [2.75, 3.05) is 0 Å². The van der Waals surface area contributed by atoms with Crippen molar-refractivity contribution in [3.8, 4) is 0 Å². The molecule has 0 bridgehead atoms. The van der Waals surface area contributed by atoms with E-state index in [1.54, 1.807) is 0 Å². The monoisotopic (exact) mass is 341 g/mol. The van der Waals surface area contributed by atoms with E-state index in [1.807, 2.05) is 0 Å². The summed E-state index contributed by atoms with van der Waals surface area (Å²) in [4.78, 5) is 36.0. The molecule has 0 unspecified atom stereocenters. The number of carbonyl (C=O) groups is 4. The van der Waals surface area contributed by atoms with Gasteiger partial charge in [-0.15, -0.1) is 0 Å². The molecule has 0 fully saturated rings. The van der Waals surface area contributed by atoms with Crippen LogP contribution in [0.1, 0.15) is 30.5 Å². The minimum absolute atomic E-state index is 0. The van der Waals surface area contributed by atoms with Crippen molar-refractivity contribution in [2.24, 2.45) is 0 Å². The fraction of sp³-hybridized carbons (Fsp3) is 0.500. The zero-order valence-corrected chi connectivity index (χ0v) is 17.1. The third-order valence-corrected chi connectivity index (χ3v) is 0. The Morgan fingerprint density at radius 1 is 0.571 bits per heavy atom. The molecule has 0 heterocycles. The first-order chi connectivity index (χ1) is 6.93. The molecular formula is C8H25NNa2O10. The maximum atomic E-state index is 9.00. The van der Waals surface area contributed by atoms with Gasteiger partial charge in [0.25, 0.3) is 23.9 Å². The Kier molecular flexibility index (Phi) is 140. The fourth-order valence-corrected chi connectivity index (χ4v) is 0. The van der Waals surface area contributed by atoms with Crippen LogP contribution < -0.4 is 65.3 Å². The molecule has 0 aromatic rings. The van der Waals surface area contributed by atoms with Gasteiger partial charge in [-0.05, 0) is 0 Å². The molecule has 124 valence electrons. The van der Waals surface area contributed by atoms with Crippen LogP contribution in [0.4, 0.5) is 0 Å². The van der Waals surface area contributed by atoms with Gasteiger partial charge in [0.1, 0.15) is 0 Å². The molecule has 0 aliphatic rings. The minimum atomic E-state index is -0.833. The van der Waals surface area contributed by atoms with Crippen LogP contribution in [0.25, 0.3) is 0 Å². The van der Waals surface area contributed by atoms with E-state index >= 15 is 0 Å². The summed E-state index contributed by atoms with van der Waals surface area (Å²) < 4.78 is 0. The summed E-state index contributed by atoms with van der Waals surface area (Å²) in [6.45, 7) is 4.33. The molecule has 0 atom stereocenters. The first-order valence-corrected chi connectivity index (χ1v) is 3.71. The van der Waals surface area contributed by atoms with E-state index in [2.05, 4.69) is 0 Å². The van der Waals surface area contributed by atoms with Crippen molar-refractivity contribution >= 4 is 23.9 Å². The molecule has 0 saturated heterocycles. The van der Waals surface area contributed by atoms with Gasteiger partial charge >= 0.3 is 59.1 Å². The molecule has 0 saturated carbocycles. The van der Waals surface area contributed by atoms with Crippen molar-refractivity contribution in [3.05, 3.63) is 0 Å². The molecule has 21 heavy (non-hydrogen) atoms. The average molecular weight is 341 g/mol. The third-order valence-electron chi connectivity index (χ3n) is 0. The summed E-state index contributed by atoms with van der Waals surface area (Å²) in [5.74, 6) is -3.33. The molecule has 13 heteroatoms. The van der Waals surface area contributed by atoms with Crippen LogP contribution in [-0.2, 0) is 19.2 Å². The third kappa shape index (κ3) is 108000. The van der Waals surface area contributed by atoms with Crippen LogP contribution in [-0.4, -0.2) is 55.3 Å². The summed E-state index contributed by atoms with van der Waals surface area (Å²) in [6, 6.07) is 0. The molecule has 0 aliphatic heterocycles. The normalized spacial score (nSPS) is 4.76. The van der Waals surface area contributed by atoms with Crippen LogP contribution in [0.15, 0.2) is 0 Å². The SMILES string of the molecule is CC(=O)O.CC(=O)O.CC(=O)O.CC(=O)O.N.O.O.[H-].[H-].[Na+].[Na+]. The van der Waals surface area contributed by atoms with Gasteiger partial charge in [0, 0.05) is 27.7 Å². The van der Waals surface area contributed by atoms with Gasteiger partial charge in [-0.2, -0.15) is 0 Å². The second kappa shape index (κ2) is 50.3. The van der Waals surface area contributed by atoms with Crippen LogP contribution in [0, 0.1) is 0 Å². The largest absolute Gasteiger partial charge is 1.00 e. The standard InChI is InChI=1S/4C2H4O2.H3N.2Na.2H2O.2H/c4*1-2(3)4;;;;;;;/h4*1H3,(H,3,4);1H3;;;2*1H2;;/q;;;;;2*+1;;;2*-1.